The maximum absolute atomic E-state index is 12.8. The van der Waals surface area contributed by atoms with Crippen LogP contribution in [0.1, 0.15) is 37.0 Å². The Kier molecular flexibility index (Phi) is 9.45. The summed E-state index contributed by atoms with van der Waals surface area (Å²) in [6.07, 6.45) is 3.50. The van der Waals surface area contributed by atoms with Crippen LogP contribution in [0.3, 0.4) is 0 Å². The fraction of sp³-hybridized carbons (Fsp3) is 0.333. The number of hydrogen-bond acceptors (Lipinski definition) is 4. The highest BCUT2D eigenvalue weighted by Crippen LogP contribution is 2.17. The first-order chi connectivity index (χ1) is 14.6. The topological polar surface area (TPSA) is 70.7 Å². The zero-order chi connectivity index (χ0) is 21.8. The molecule has 160 valence electrons. The Labute approximate surface area is 178 Å². The van der Waals surface area contributed by atoms with E-state index in [0.717, 1.165) is 31.6 Å². The Morgan fingerprint density at radius 2 is 1.73 bits per heavy atom. The summed E-state index contributed by atoms with van der Waals surface area (Å²) in [5.41, 5.74) is 1.96. The van der Waals surface area contributed by atoms with E-state index < -0.39 is 0 Å². The van der Waals surface area contributed by atoms with E-state index in [-0.39, 0.29) is 18.4 Å². The van der Waals surface area contributed by atoms with Crippen LogP contribution in [0.25, 0.3) is 0 Å². The van der Waals surface area contributed by atoms with Crippen molar-refractivity contribution in [3.8, 4) is 5.75 Å². The van der Waals surface area contributed by atoms with Crippen LogP contribution < -0.4 is 15.4 Å². The van der Waals surface area contributed by atoms with Crippen LogP contribution >= 0.6 is 0 Å². The lowest BCUT2D eigenvalue weighted by Crippen LogP contribution is -2.32. The van der Waals surface area contributed by atoms with Crippen LogP contribution in [0.2, 0.25) is 0 Å². The number of rotatable bonds is 12. The molecule has 0 spiro atoms. The molecule has 6 heteroatoms. The Hall–Kier alpha value is -3.28. The van der Waals surface area contributed by atoms with E-state index in [1.54, 1.807) is 30.3 Å². The second kappa shape index (κ2) is 12.3. The summed E-state index contributed by atoms with van der Waals surface area (Å²) in [7, 11) is 0. The van der Waals surface area contributed by atoms with Crippen molar-refractivity contribution in [3.63, 3.8) is 0 Å². The third-order valence-corrected chi connectivity index (χ3v) is 4.32. The number of carbonyl (C=O) groups excluding carboxylic acids is 2. The first kappa shape index (κ1) is 23.0. The number of ether oxygens (including phenoxy) is 1. The molecule has 0 aliphatic rings. The van der Waals surface area contributed by atoms with Crippen molar-refractivity contribution in [3.05, 3.63) is 66.7 Å². The van der Waals surface area contributed by atoms with Crippen LogP contribution in [0.4, 0.5) is 11.4 Å². The first-order valence-corrected chi connectivity index (χ1v) is 10.3. The van der Waals surface area contributed by atoms with Gasteiger partial charge in [0.15, 0.2) is 0 Å². The SMILES string of the molecule is C=CCOc1cccc(NCC(=O)Nc2cccc(C(=O)N(CCC)CCC)c2)c1. The highest BCUT2D eigenvalue weighted by Gasteiger charge is 2.15. The molecule has 0 aliphatic carbocycles. The molecule has 0 heterocycles. The predicted octanol–water partition coefficient (Wildman–Crippen LogP) is 4.56. The molecule has 0 atom stereocenters. The van der Waals surface area contributed by atoms with Gasteiger partial charge in [0, 0.05) is 36.1 Å². The minimum absolute atomic E-state index is 0.00994. The van der Waals surface area contributed by atoms with Gasteiger partial charge in [-0.15, -0.1) is 0 Å². The van der Waals surface area contributed by atoms with Crippen molar-refractivity contribution < 1.29 is 14.3 Å². The molecule has 0 unspecified atom stereocenters. The third-order valence-electron chi connectivity index (χ3n) is 4.32. The monoisotopic (exact) mass is 409 g/mol. The van der Waals surface area contributed by atoms with Gasteiger partial charge in [0.05, 0.1) is 6.54 Å². The molecule has 0 aliphatic heterocycles. The molecule has 0 saturated carbocycles. The molecule has 6 nitrogen and oxygen atoms in total. The van der Waals surface area contributed by atoms with Gasteiger partial charge >= 0.3 is 0 Å². The molecule has 0 aromatic heterocycles. The molecule has 2 rings (SSSR count). The van der Waals surface area contributed by atoms with Crippen molar-refractivity contribution in [1.82, 2.24) is 4.90 Å². The largest absolute Gasteiger partial charge is 0.489 e. The highest BCUT2D eigenvalue weighted by molar-refractivity contribution is 5.98. The number of benzene rings is 2. The lowest BCUT2D eigenvalue weighted by molar-refractivity contribution is -0.114. The van der Waals surface area contributed by atoms with Crippen LogP contribution in [-0.4, -0.2) is 43.0 Å². The van der Waals surface area contributed by atoms with E-state index in [2.05, 4.69) is 31.1 Å². The zero-order valence-electron chi connectivity index (χ0n) is 17.8. The molecule has 2 aromatic carbocycles. The fourth-order valence-electron chi connectivity index (χ4n) is 3.01. The summed E-state index contributed by atoms with van der Waals surface area (Å²) in [5.74, 6) is 0.496. The molecular formula is C24H31N3O3. The Morgan fingerprint density at radius 1 is 1.03 bits per heavy atom. The second-order valence-electron chi connectivity index (χ2n) is 6.90. The number of nitrogens with zero attached hydrogens (tertiary/aromatic N) is 1. The van der Waals surface area contributed by atoms with Gasteiger partial charge in [-0.1, -0.05) is 38.6 Å². The van der Waals surface area contributed by atoms with Gasteiger partial charge in [0.1, 0.15) is 12.4 Å². The molecule has 2 aromatic rings. The normalized spacial score (nSPS) is 10.2. The number of carbonyl (C=O) groups is 2. The Balaban J connectivity index is 1.95. The van der Waals surface area contributed by atoms with Crippen LogP contribution in [0.5, 0.6) is 5.75 Å². The quantitative estimate of drug-likeness (QED) is 0.504. The molecule has 30 heavy (non-hydrogen) atoms. The van der Waals surface area contributed by atoms with E-state index in [1.165, 1.54) is 0 Å². The van der Waals surface area contributed by atoms with E-state index >= 15 is 0 Å². The lowest BCUT2D eigenvalue weighted by Gasteiger charge is -2.21. The van der Waals surface area contributed by atoms with Gasteiger partial charge in [-0.2, -0.15) is 0 Å². The predicted molar refractivity (Wildman–Crippen MR) is 122 cm³/mol. The smallest absolute Gasteiger partial charge is 0.253 e. The van der Waals surface area contributed by atoms with Gasteiger partial charge in [-0.05, 0) is 43.2 Å². The minimum Gasteiger partial charge on any atom is -0.489 e. The van der Waals surface area contributed by atoms with Gasteiger partial charge in [0.2, 0.25) is 5.91 Å². The van der Waals surface area contributed by atoms with E-state index in [1.807, 2.05) is 29.2 Å². The summed E-state index contributed by atoms with van der Waals surface area (Å²) in [6.45, 7) is 9.71. The minimum atomic E-state index is -0.198. The first-order valence-electron chi connectivity index (χ1n) is 10.3. The molecule has 2 N–H and O–H groups in total. The van der Waals surface area contributed by atoms with Crippen LogP contribution in [0.15, 0.2) is 61.2 Å². The van der Waals surface area contributed by atoms with Gasteiger partial charge in [-0.3, -0.25) is 9.59 Å². The summed E-state index contributed by atoms with van der Waals surface area (Å²) in [4.78, 5) is 27.0. The van der Waals surface area contributed by atoms with E-state index in [4.69, 9.17) is 4.74 Å². The second-order valence-corrected chi connectivity index (χ2v) is 6.90. The average Bonchev–Trinajstić information content (AvgIpc) is 2.76. The van der Waals surface area contributed by atoms with Crippen molar-refractivity contribution in [1.29, 1.82) is 0 Å². The maximum Gasteiger partial charge on any atom is 0.253 e. The fourth-order valence-corrected chi connectivity index (χ4v) is 3.01. The average molecular weight is 410 g/mol. The standard InChI is InChI=1S/C24H31N3O3/c1-4-13-27(14-5-2)24(29)19-9-7-11-21(16-19)26-23(28)18-25-20-10-8-12-22(17-20)30-15-6-3/h6-12,16-17,25H,3-5,13-15,18H2,1-2H3,(H,26,28). The lowest BCUT2D eigenvalue weighted by atomic mass is 10.1. The molecule has 2 amide bonds. The summed E-state index contributed by atoms with van der Waals surface area (Å²) < 4.78 is 5.49. The summed E-state index contributed by atoms with van der Waals surface area (Å²) >= 11 is 0. The number of nitrogens with one attached hydrogen (secondary N) is 2. The molecule has 0 saturated heterocycles. The van der Waals surface area contributed by atoms with Crippen molar-refractivity contribution in [2.45, 2.75) is 26.7 Å². The van der Waals surface area contributed by atoms with Crippen LogP contribution in [0, 0.1) is 0 Å². The maximum atomic E-state index is 12.8. The van der Waals surface area contributed by atoms with Crippen molar-refractivity contribution in [2.24, 2.45) is 0 Å². The zero-order valence-corrected chi connectivity index (χ0v) is 17.8. The van der Waals surface area contributed by atoms with Gasteiger partial charge in [0.25, 0.3) is 5.91 Å². The van der Waals surface area contributed by atoms with E-state index in [9.17, 15) is 9.59 Å². The highest BCUT2D eigenvalue weighted by atomic mass is 16.5. The van der Waals surface area contributed by atoms with Gasteiger partial charge in [-0.25, -0.2) is 0 Å². The molecule has 0 radical (unpaired) electrons. The Bertz CT molecular complexity index is 845. The summed E-state index contributed by atoms with van der Waals surface area (Å²) in [5, 5.41) is 5.92. The summed E-state index contributed by atoms with van der Waals surface area (Å²) in [6, 6.07) is 14.5. The third kappa shape index (κ3) is 7.28. The van der Waals surface area contributed by atoms with E-state index in [0.29, 0.717) is 23.6 Å². The number of anilines is 2. The van der Waals surface area contributed by atoms with Crippen molar-refractivity contribution >= 4 is 23.2 Å². The van der Waals surface area contributed by atoms with Crippen LogP contribution in [-0.2, 0) is 4.79 Å². The molecule has 0 bridgehead atoms. The number of hydrogen-bond donors (Lipinski definition) is 2. The van der Waals surface area contributed by atoms with Gasteiger partial charge < -0.3 is 20.3 Å². The number of amides is 2. The van der Waals surface area contributed by atoms with Crippen molar-refractivity contribution in [2.75, 3.05) is 36.9 Å². The molecular weight excluding hydrogens is 378 g/mol. The molecule has 0 fully saturated rings. The Morgan fingerprint density at radius 3 is 2.43 bits per heavy atom.